The lowest BCUT2D eigenvalue weighted by Crippen LogP contribution is -2.53. The number of amides is 4. The Morgan fingerprint density at radius 1 is 1.09 bits per heavy atom. The average molecular weight is 522 g/mol. The number of fused-ring (bicyclic) bond motifs is 1. The Morgan fingerprint density at radius 3 is 2.20 bits per heavy atom. The number of rotatable bonds is 8. The number of nitrogens with one attached hydrogen (secondary N) is 1. The molecule has 1 heterocycles. The van der Waals surface area contributed by atoms with E-state index in [-0.39, 0.29) is 55.0 Å². The third-order valence-corrected chi connectivity index (χ3v) is 7.11. The fourth-order valence-electron chi connectivity index (χ4n) is 4.65. The van der Waals surface area contributed by atoms with Crippen LogP contribution in [0.1, 0.15) is 58.9 Å². The van der Waals surface area contributed by atoms with E-state index in [1.807, 2.05) is 39.8 Å². The Balaban J connectivity index is 1.79. The van der Waals surface area contributed by atoms with E-state index in [1.54, 1.807) is 18.2 Å². The Kier molecular flexibility index (Phi) is 8.65. The number of carbonyl (C=O) groups excluding carboxylic acids is 4. The van der Waals surface area contributed by atoms with E-state index in [1.165, 1.54) is 9.80 Å². The van der Waals surface area contributed by atoms with Gasteiger partial charge in [-0.1, -0.05) is 48.3 Å². The number of hydrogen-bond donors (Lipinski definition) is 1. The molecule has 1 aliphatic heterocycles. The summed E-state index contributed by atoms with van der Waals surface area (Å²) >= 11 is 12.2. The molecule has 1 saturated heterocycles. The maximum atomic E-state index is 13.5. The average Bonchev–Trinajstić information content (AvgIpc) is 3.03. The molecular formula is C26H33Cl2N3O4. The van der Waals surface area contributed by atoms with Crippen LogP contribution >= 0.6 is 23.2 Å². The van der Waals surface area contributed by atoms with Gasteiger partial charge in [0.05, 0.1) is 21.9 Å². The first-order chi connectivity index (χ1) is 16.4. The standard InChI is InChI=1S/C26H33Cl2N3O4/c1-5-21(23(33)29-26(2,3)4)31(15-16-10-11-19(27)20(28)14-16)22(32)12-13-30-24(34)17-8-6-7-9-18(17)25(30)35/h6-7,10-11,14,17-18,21H,5,8-9,12-13,15H2,1-4H3,(H,29,33)/t17-,18+,21-/m1/s1. The van der Waals surface area contributed by atoms with E-state index < -0.39 is 11.6 Å². The van der Waals surface area contributed by atoms with Crippen molar-refractivity contribution >= 4 is 46.8 Å². The Bertz CT molecular complexity index is 1010. The van der Waals surface area contributed by atoms with Gasteiger partial charge in [0.1, 0.15) is 6.04 Å². The van der Waals surface area contributed by atoms with E-state index >= 15 is 0 Å². The molecule has 1 aromatic rings. The third-order valence-electron chi connectivity index (χ3n) is 6.37. The highest BCUT2D eigenvalue weighted by Gasteiger charge is 2.47. The van der Waals surface area contributed by atoms with Crippen molar-refractivity contribution in [2.24, 2.45) is 11.8 Å². The second-order valence-electron chi connectivity index (χ2n) is 10.2. The summed E-state index contributed by atoms with van der Waals surface area (Å²) in [6.45, 7) is 7.61. The van der Waals surface area contributed by atoms with Crippen LogP contribution < -0.4 is 5.32 Å². The minimum absolute atomic E-state index is 0.00129. The summed E-state index contributed by atoms with van der Waals surface area (Å²) < 4.78 is 0. The highest BCUT2D eigenvalue weighted by Crippen LogP contribution is 2.35. The van der Waals surface area contributed by atoms with Crippen LogP contribution in [0.2, 0.25) is 10.0 Å². The normalized spacial score (nSPS) is 20.6. The largest absolute Gasteiger partial charge is 0.350 e. The van der Waals surface area contributed by atoms with Crippen LogP contribution in [-0.4, -0.2) is 51.6 Å². The predicted molar refractivity (Wildman–Crippen MR) is 136 cm³/mol. The van der Waals surface area contributed by atoms with Gasteiger partial charge in [-0.05, 0) is 57.7 Å². The summed E-state index contributed by atoms with van der Waals surface area (Å²) in [6.07, 6.45) is 5.29. The van der Waals surface area contributed by atoms with E-state index in [4.69, 9.17) is 23.2 Å². The van der Waals surface area contributed by atoms with Gasteiger partial charge in [-0.3, -0.25) is 24.1 Å². The highest BCUT2D eigenvalue weighted by molar-refractivity contribution is 6.42. The van der Waals surface area contributed by atoms with Crippen molar-refractivity contribution in [2.45, 2.75) is 71.5 Å². The van der Waals surface area contributed by atoms with Crippen LogP contribution in [0.4, 0.5) is 0 Å². The zero-order valence-electron chi connectivity index (χ0n) is 20.6. The van der Waals surface area contributed by atoms with Gasteiger partial charge >= 0.3 is 0 Å². The van der Waals surface area contributed by atoms with Gasteiger partial charge in [-0.2, -0.15) is 0 Å². The van der Waals surface area contributed by atoms with Crippen LogP contribution in [0.25, 0.3) is 0 Å². The van der Waals surface area contributed by atoms with Crippen molar-refractivity contribution in [3.63, 3.8) is 0 Å². The molecule has 0 radical (unpaired) electrons. The summed E-state index contributed by atoms with van der Waals surface area (Å²) in [5.74, 6) is -1.69. The molecule has 0 aromatic heterocycles. The molecule has 7 nitrogen and oxygen atoms in total. The van der Waals surface area contributed by atoms with Crippen molar-refractivity contribution < 1.29 is 19.2 Å². The zero-order valence-corrected chi connectivity index (χ0v) is 22.2. The first kappa shape index (κ1) is 27.2. The lowest BCUT2D eigenvalue weighted by Gasteiger charge is -2.33. The minimum atomic E-state index is -0.729. The first-order valence-corrected chi connectivity index (χ1v) is 12.7. The fourth-order valence-corrected chi connectivity index (χ4v) is 4.97. The number of hydrogen-bond acceptors (Lipinski definition) is 4. The molecule has 0 unspecified atom stereocenters. The quantitative estimate of drug-likeness (QED) is 0.406. The monoisotopic (exact) mass is 521 g/mol. The molecule has 0 spiro atoms. The van der Waals surface area contributed by atoms with Gasteiger partial charge in [0, 0.05) is 25.0 Å². The number of carbonyl (C=O) groups is 4. The molecule has 9 heteroatoms. The van der Waals surface area contributed by atoms with Crippen LogP contribution in [0, 0.1) is 11.8 Å². The van der Waals surface area contributed by atoms with Crippen LogP contribution in [0.3, 0.4) is 0 Å². The molecule has 1 aromatic carbocycles. The van der Waals surface area contributed by atoms with Crippen LogP contribution in [0.5, 0.6) is 0 Å². The molecule has 1 fully saturated rings. The molecule has 3 atom stereocenters. The molecule has 1 N–H and O–H groups in total. The third kappa shape index (κ3) is 6.44. The van der Waals surface area contributed by atoms with Gasteiger partial charge in [0.2, 0.25) is 23.6 Å². The SMILES string of the molecule is CC[C@H](C(=O)NC(C)(C)C)N(Cc1ccc(Cl)c(Cl)c1)C(=O)CCN1C(=O)[C@H]2CC=CC[C@H]2C1=O. The molecule has 35 heavy (non-hydrogen) atoms. The molecule has 0 saturated carbocycles. The molecule has 1 aliphatic carbocycles. The van der Waals surface area contributed by atoms with E-state index in [0.29, 0.717) is 29.3 Å². The Morgan fingerprint density at radius 2 is 1.69 bits per heavy atom. The molecule has 190 valence electrons. The van der Waals surface area contributed by atoms with Crippen molar-refractivity contribution in [2.75, 3.05) is 6.54 Å². The van der Waals surface area contributed by atoms with Crippen molar-refractivity contribution in [3.05, 3.63) is 46.0 Å². The van der Waals surface area contributed by atoms with Crippen molar-refractivity contribution in [1.29, 1.82) is 0 Å². The van der Waals surface area contributed by atoms with Gasteiger partial charge in [0.15, 0.2) is 0 Å². The summed E-state index contributed by atoms with van der Waals surface area (Å²) in [6, 6.07) is 4.35. The number of nitrogens with zero attached hydrogens (tertiary/aromatic N) is 2. The predicted octanol–water partition coefficient (Wildman–Crippen LogP) is 4.36. The maximum Gasteiger partial charge on any atom is 0.243 e. The van der Waals surface area contributed by atoms with Crippen LogP contribution in [0.15, 0.2) is 30.4 Å². The topological polar surface area (TPSA) is 86.8 Å². The van der Waals surface area contributed by atoms with E-state index in [9.17, 15) is 19.2 Å². The maximum absolute atomic E-state index is 13.5. The molecule has 3 rings (SSSR count). The second-order valence-corrected chi connectivity index (χ2v) is 11.0. The lowest BCUT2D eigenvalue weighted by atomic mass is 9.85. The van der Waals surface area contributed by atoms with E-state index in [0.717, 1.165) is 5.56 Å². The van der Waals surface area contributed by atoms with Gasteiger partial charge in [0.25, 0.3) is 0 Å². The van der Waals surface area contributed by atoms with Crippen LogP contribution in [-0.2, 0) is 25.7 Å². The van der Waals surface area contributed by atoms with Gasteiger partial charge in [-0.25, -0.2) is 0 Å². The molecule has 2 aliphatic rings. The number of halogens is 2. The number of likely N-dealkylation sites (tertiary alicyclic amines) is 1. The summed E-state index contributed by atoms with van der Waals surface area (Å²) in [5, 5.41) is 3.70. The smallest absolute Gasteiger partial charge is 0.243 e. The minimum Gasteiger partial charge on any atom is -0.350 e. The van der Waals surface area contributed by atoms with Gasteiger partial charge < -0.3 is 10.2 Å². The lowest BCUT2D eigenvalue weighted by molar-refractivity contribution is -0.144. The summed E-state index contributed by atoms with van der Waals surface area (Å²) in [4.78, 5) is 54.9. The summed E-state index contributed by atoms with van der Waals surface area (Å²) in [5.41, 5.74) is 0.252. The number of allylic oxidation sites excluding steroid dienone is 2. The van der Waals surface area contributed by atoms with Crippen molar-refractivity contribution in [1.82, 2.24) is 15.1 Å². The summed E-state index contributed by atoms with van der Waals surface area (Å²) in [7, 11) is 0. The molecule has 4 amide bonds. The number of imide groups is 1. The Hall–Kier alpha value is -2.38. The molecule has 0 bridgehead atoms. The second kappa shape index (κ2) is 11.1. The number of benzene rings is 1. The van der Waals surface area contributed by atoms with E-state index in [2.05, 4.69) is 5.32 Å². The Labute approximate surface area is 216 Å². The molecular weight excluding hydrogens is 489 g/mol. The van der Waals surface area contributed by atoms with Crippen molar-refractivity contribution in [3.8, 4) is 0 Å². The zero-order chi connectivity index (χ0) is 25.9. The first-order valence-electron chi connectivity index (χ1n) is 12.0. The van der Waals surface area contributed by atoms with Gasteiger partial charge in [-0.15, -0.1) is 0 Å². The fraction of sp³-hybridized carbons (Fsp3) is 0.538. The highest BCUT2D eigenvalue weighted by atomic mass is 35.5.